The molecule has 0 aliphatic rings. The highest BCUT2D eigenvalue weighted by molar-refractivity contribution is 7.89. The van der Waals surface area contributed by atoms with E-state index in [1.807, 2.05) is 20.8 Å². The van der Waals surface area contributed by atoms with Crippen LogP contribution in [0, 0.1) is 0 Å². The monoisotopic (exact) mass is 286 g/mol. The highest BCUT2D eigenvalue weighted by atomic mass is 32.2. The minimum atomic E-state index is -3.34. The van der Waals surface area contributed by atoms with E-state index in [1.165, 1.54) is 0 Å². The van der Waals surface area contributed by atoms with E-state index in [2.05, 4.69) is 4.72 Å². The summed E-state index contributed by atoms with van der Waals surface area (Å²) in [6.45, 7) is 5.73. The number of hydrogen-bond acceptors (Lipinski definition) is 4. The van der Waals surface area contributed by atoms with Crippen LogP contribution in [-0.4, -0.2) is 26.3 Å². The maximum absolute atomic E-state index is 11.8. The van der Waals surface area contributed by atoms with E-state index in [4.69, 9.17) is 10.5 Å². The first kappa shape index (κ1) is 15.8. The van der Waals surface area contributed by atoms with Crippen LogP contribution in [0.15, 0.2) is 24.3 Å². The van der Waals surface area contributed by atoms with Crippen LogP contribution in [-0.2, 0) is 10.0 Å². The fraction of sp³-hybridized carbons (Fsp3) is 0.538. The van der Waals surface area contributed by atoms with E-state index in [0.29, 0.717) is 11.4 Å². The first-order chi connectivity index (χ1) is 8.74. The van der Waals surface area contributed by atoms with Crippen molar-refractivity contribution in [1.82, 2.24) is 4.72 Å². The van der Waals surface area contributed by atoms with Crippen molar-refractivity contribution < 1.29 is 13.2 Å². The summed E-state index contributed by atoms with van der Waals surface area (Å²) in [5.74, 6) is 0.496. The van der Waals surface area contributed by atoms with Gasteiger partial charge in [0.2, 0.25) is 10.0 Å². The van der Waals surface area contributed by atoms with Crippen LogP contribution in [0.25, 0.3) is 0 Å². The third-order valence-electron chi connectivity index (χ3n) is 2.79. The molecule has 0 aliphatic heterocycles. The molecule has 5 nitrogen and oxygen atoms in total. The lowest BCUT2D eigenvalue weighted by Crippen LogP contribution is -2.44. The lowest BCUT2D eigenvalue weighted by Gasteiger charge is -2.24. The number of ether oxygens (including phenoxy) is 1. The van der Waals surface area contributed by atoms with Crippen LogP contribution < -0.4 is 15.2 Å². The Morgan fingerprint density at radius 2 is 2.05 bits per heavy atom. The molecule has 0 saturated heterocycles. The number of rotatable bonds is 7. The molecular formula is C13H22N2O3S. The molecule has 0 unspecified atom stereocenters. The molecule has 0 aliphatic carbocycles. The fourth-order valence-electron chi connectivity index (χ4n) is 1.42. The van der Waals surface area contributed by atoms with Crippen molar-refractivity contribution in [2.24, 2.45) is 0 Å². The van der Waals surface area contributed by atoms with Crippen molar-refractivity contribution >= 4 is 15.7 Å². The molecule has 0 saturated carbocycles. The number of nitrogens with two attached hydrogens (primary N) is 1. The van der Waals surface area contributed by atoms with Gasteiger partial charge in [-0.2, -0.15) is 0 Å². The minimum Gasteiger partial charge on any atom is -0.492 e. The Balaban J connectivity index is 2.48. The highest BCUT2D eigenvalue weighted by Gasteiger charge is 2.22. The molecule has 1 aromatic carbocycles. The van der Waals surface area contributed by atoms with Gasteiger partial charge in [-0.3, -0.25) is 0 Å². The van der Waals surface area contributed by atoms with Gasteiger partial charge in [0, 0.05) is 17.3 Å². The van der Waals surface area contributed by atoms with Crippen molar-refractivity contribution in [2.75, 3.05) is 18.1 Å². The zero-order valence-corrected chi connectivity index (χ0v) is 12.5. The van der Waals surface area contributed by atoms with E-state index in [-0.39, 0.29) is 12.4 Å². The van der Waals surface area contributed by atoms with Crippen LogP contribution in [0.1, 0.15) is 27.2 Å². The molecule has 0 radical (unpaired) electrons. The summed E-state index contributed by atoms with van der Waals surface area (Å²) >= 11 is 0. The predicted octanol–water partition coefficient (Wildman–Crippen LogP) is 1.76. The Morgan fingerprint density at radius 3 is 2.63 bits per heavy atom. The summed E-state index contributed by atoms with van der Waals surface area (Å²) in [5, 5.41) is 0. The average Bonchev–Trinajstić information content (AvgIpc) is 2.27. The largest absolute Gasteiger partial charge is 0.492 e. The van der Waals surface area contributed by atoms with Gasteiger partial charge in [0.25, 0.3) is 0 Å². The van der Waals surface area contributed by atoms with Gasteiger partial charge in [0.15, 0.2) is 0 Å². The number of benzene rings is 1. The Morgan fingerprint density at radius 1 is 1.37 bits per heavy atom. The fourth-order valence-corrected chi connectivity index (χ4v) is 2.81. The second kappa shape index (κ2) is 6.25. The Hall–Kier alpha value is -1.27. The molecule has 3 N–H and O–H groups in total. The Labute approximate surface area is 115 Å². The lowest BCUT2D eigenvalue weighted by molar-refractivity contribution is 0.339. The molecule has 1 aromatic rings. The van der Waals surface area contributed by atoms with Gasteiger partial charge in [-0.1, -0.05) is 13.0 Å². The number of sulfonamides is 1. The van der Waals surface area contributed by atoms with Crippen LogP contribution in [0.4, 0.5) is 5.69 Å². The Bertz CT molecular complexity index is 512. The van der Waals surface area contributed by atoms with Gasteiger partial charge < -0.3 is 10.5 Å². The summed E-state index contributed by atoms with van der Waals surface area (Å²) < 4.78 is 31.7. The maximum atomic E-state index is 11.8. The molecule has 108 valence electrons. The van der Waals surface area contributed by atoms with E-state index >= 15 is 0 Å². The average molecular weight is 286 g/mol. The third-order valence-corrected chi connectivity index (χ3v) is 4.36. The van der Waals surface area contributed by atoms with Crippen LogP contribution >= 0.6 is 0 Å². The summed E-state index contributed by atoms with van der Waals surface area (Å²) in [7, 11) is -3.34. The zero-order chi connectivity index (χ0) is 14.5. The molecule has 0 fully saturated rings. The quantitative estimate of drug-likeness (QED) is 0.748. The molecule has 0 atom stereocenters. The smallest absolute Gasteiger partial charge is 0.215 e. The lowest BCUT2D eigenvalue weighted by atomic mass is 10.0. The van der Waals surface area contributed by atoms with Gasteiger partial charge >= 0.3 is 0 Å². The zero-order valence-electron chi connectivity index (χ0n) is 11.6. The Kier molecular flexibility index (Phi) is 5.20. The van der Waals surface area contributed by atoms with Crippen molar-refractivity contribution in [3.8, 4) is 5.75 Å². The number of anilines is 1. The molecule has 6 heteroatoms. The molecule has 0 spiro atoms. The normalized spacial score (nSPS) is 12.4. The number of hydrogen-bond donors (Lipinski definition) is 2. The van der Waals surface area contributed by atoms with Crippen molar-refractivity contribution in [3.05, 3.63) is 24.3 Å². The second-order valence-electron chi connectivity index (χ2n) is 5.08. The summed E-state index contributed by atoms with van der Waals surface area (Å²) in [4.78, 5) is 0. The number of nitrogens with one attached hydrogen (secondary N) is 1. The number of nitrogen functional groups attached to an aromatic ring is 1. The molecule has 1 rings (SSSR count). The molecule has 19 heavy (non-hydrogen) atoms. The SMILES string of the molecule is CCC(C)(C)NS(=O)(=O)CCOc1cccc(N)c1. The van der Waals surface area contributed by atoms with Gasteiger partial charge in [0.1, 0.15) is 12.4 Å². The minimum absolute atomic E-state index is 0.0781. The van der Waals surface area contributed by atoms with Gasteiger partial charge in [0.05, 0.1) is 5.75 Å². The van der Waals surface area contributed by atoms with E-state index in [0.717, 1.165) is 6.42 Å². The summed E-state index contributed by atoms with van der Waals surface area (Å²) in [6.07, 6.45) is 0.725. The van der Waals surface area contributed by atoms with Gasteiger partial charge in [-0.15, -0.1) is 0 Å². The summed E-state index contributed by atoms with van der Waals surface area (Å²) in [5.41, 5.74) is 5.76. The standard InChI is InChI=1S/C13H22N2O3S/c1-4-13(2,3)15-19(16,17)9-8-18-12-7-5-6-11(14)10-12/h5-7,10,15H,4,8-9,14H2,1-3H3. The van der Waals surface area contributed by atoms with Gasteiger partial charge in [-0.25, -0.2) is 13.1 Å². The molecule has 0 amide bonds. The van der Waals surface area contributed by atoms with Crippen LogP contribution in [0.5, 0.6) is 5.75 Å². The van der Waals surface area contributed by atoms with E-state index in [9.17, 15) is 8.42 Å². The summed E-state index contributed by atoms with van der Waals surface area (Å²) in [6, 6.07) is 6.91. The molecular weight excluding hydrogens is 264 g/mol. The van der Waals surface area contributed by atoms with Gasteiger partial charge in [-0.05, 0) is 32.4 Å². The molecule has 0 heterocycles. The topological polar surface area (TPSA) is 81.4 Å². The molecule has 0 bridgehead atoms. The highest BCUT2D eigenvalue weighted by Crippen LogP contribution is 2.14. The first-order valence-corrected chi connectivity index (χ1v) is 7.89. The van der Waals surface area contributed by atoms with E-state index < -0.39 is 15.6 Å². The molecule has 0 aromatic heterocycles. The second-order valence-corrected chi connectivity index (χ2v) is 6.92. The predicted molar refractivity (Wildman–Crippen MR) is 77.6 cm³/mol. The van der Waals surface area contributed by atoms with Crippen molar-refractivity contribution in [1.29, 1.82) is 0 Å². The van der Waals surface area contributed by atoms with Crippen molar-refractivity contribution in [3.63, 3.8) is 0 Å². The van der Waals surface area contributed by atoms with E-state index in [1.54, 1.807) is 24.3 Å². The van der Waals surface area contributed by atoms with Crippen molar-refractivity contribution in [2.45, 2.75) is 32.7 Å². The van der Waals surface area contributed by atoms with Crippen LogP contribution in [0.2, 0.25) is 0 Å². The first-order valence-electron chi connectivity index (χ1n) is 6.24. The third kappa shape index (κ3) is 5.94. The van der Waals surface area contributed by atoms with Crippen LogP contribution in [0.3, 0.4) is 0 Å². The maximum Gasteiger partial charge on any atom is 0.215 e.